The van der Waals surface area contributed by atoms with Gasteiger partial charge in [0.2, 0.25) is 0 Å². The average molecular weight is 229 g/mol. The van der Waals surface area contributed by atoms with Gasteiger partial charge in [0.15, 0.2) is 11.6 Å². The summed E-state index contributed by atoms with van der Waals surface area (Å²) in [6.45, 7) is 2.51. The van der Waals surface area contributed by atoms with Crippen LogP contribution in [0.1, 0.15) is 13.3 Å². The van der Waals surface area contributed by atoms with Crippen LogP contribution in [0.15, 0.2) is 12.1 Å². The van der Waals surface area contributed by atoms with Gasteiger partial charge in [0.05, 0.1) is 18.9 Å². The zero-order chi connectivity index (χ0) is 12.0. The van der Waals surface area contributed by atoms with Crippen LogP contribution in [0.25, 0.3) is 0 Å². The first-order chi connectivity index (χ1) is 7.69. The van der Waals surface area contributed by atoms with E-state index in [0.29, 0.717) is 25.4 Å². The molecule has 0 bridgehead atoms. The van der Waals surface area contributed by atoms with Gasteiger partial charge in [-0.15, -0.1) is 0 Å². The predicted octanol–water partition coefficient (Wildman–Crippen LogP) is 1.57. The normalized spacial score (nSPS) is 10.2. The van der Waals surface area contributed by atoms with Crippen molar-refractivity contribution in [2.75, 3.05) is 25.6 Å². The van der Waals surface area contributed by atoms with Crippen LogP contribution in [0.3, 0.4) is 0 Å². The lowest BCUT2D eigenvalue weighted by Gasteiger charge is -2.11. The fourth-order valence-electron chi connectivity index (χ4n) is 1.19. The zero-order valence-electron chi connectivity index (χ0n) is 9.20. The van der Waals surface area contributed by atoms with Gasteiger partial charge in [0.25, 0.3) is 0 Å². The summed E-state index contributed by atoms with van der Waals surface area (Å²) >= 11 is 0. The Morgan fingerprint density at radius 1 is 1.31 bits per heavy atom. The van der Waals surface area contributed by atoms with Crippen molar-refractivity contribution in [1.82, 2.24) is 0 Å². The largest absolute Gasteiger partial charge is 0.491 e. The van der Waals surface area contributed by atoms with Gasteiger partial charge in [0, 0.05) is 25.2 Å². The molecule has 1 rings (SSSR count). The molecule has 4 nitrogen and oxygen atoms in total. The van der Waals surface area contributed by atoms with Crippen LogP contribution >= 0.6 is 0 Å². The average Bonchev–Trinajstić information content (AvgIpc) is 2.25. The maximum absolute atomic E-state index is 13.3. The summed E-state index contributed by atoms with van der Waals surface area (Å²) in [6, 6.07) is 2.59. The quantitative estimate of drug-likeness (QED) is 0.574. The van der Waals surface area contributed by atoms with E-state index in [0.717, 1.165) is 0 Å². The Labute approximate surface area is 93.8 Å². The van der Waals surface area contributed by atoms with Crippen LogP contribution in [-0.2, 0) is 0 Å². The lowest BCUT2D eigenvalue weighted by Crippen LogP contribution is -2.04. The van der Waals surface area contributed by atoms with Crippen LogP contribution in [0.4, 0.5) is 10.1 Å². The van der Waals surface area contributed by atoms with E-state index in [1.54, 1.807) is 6.92 Å². The third-order valence-electron chi connectivity index (χ3n) is 1.92. The van der Waals surface area contributed by atoms with Crippen molar-refractivity contribution in [2.45, 2.75) is 13.3 Å². The lowest BCUT2D eigenvalue weighted by molar-refractivity contribution is 0.233. The molecule has 16 heavy (non-hydrogen) atoms. The number of nitrogens with two attached hydrogens (primary N) is 1. The molecule has 0 aliphatic rings. The standard InChI is InChI=1S/C11H16FNO3/c1-2-15-10-7-11(16-5-3-4-14)9(13)6-8(10)12/h6-7,14H,2-5,13H2,1H3. The molecule has 0 heterocycles. The summed E-state index contributed by atoms with van der Waals surface area (Å²) in [4.78, 5) is 0. The van der Waals surface area contributed by atoms with Crippen molar-refractivity contribution in [1.29, 1.82) is 0 Å². The molecule has 0 unspecified atom stereocenters. The highest BCUT2D eigenvalue weighted by Crippen LogP contribution is 2.30. The van der Waals surface area contributed by atoms with Gasteiger partial charge in [-0.3, -0.25) is 0 Å². The number of benzene rings is 1. The smallest absolute Gasteiger partial charge is 0.167 e. The van der Waals surface area contributed by atoms with Crippen molar-refractivity contribution in [2.24, 2.45) is 0 Å². The molecule has 0 radical (unpaired) electrons. The van der Waals surface area contributed by atoms with E-state index in [4.69, 9.17) is 20.3 Å². The molecule has 3 N–H and O–H groups in total. The number of nitrogen functional groups attached to an aromatic ring is 1. The highest BCUT2D eigenvalue weighted by Gasteiger charge is 2.09. The topological polar surface area (TPSA) is 64.7 Å². The number of aliphatic hydroxyl groups excluding tert-OH is 1. The first-order valence-corrected chi connectivity index (χ1v) is 5.14. The molecule has 0 aliphatic heterocycles. The van der Waals surface area contributed by atoms with Crippen molar-refractivity contribution in [3.63, 3.8) is 0 Å². The molecular formula is C11H16FNO3. The highest BCUT2D eigenvalue weighted by atomic mass is 19.1. The van der Waals surface area contributed by atoms with Crippen molar-refractivity contribution in [3.05, 3.63) is 17.9 Å². The summed E-state index contributed by atoms with van der Waals surface area (Å²) in [5, 5.41) is 8.60. The van der Waals surface area contributed by atoms with E-state index in [1.807, 2.05) is 0 Å². The van der Waals surface area contributed by atoms with Crippen LogP contribution in [0, 0.1) is 5.82 Å². The number of anilines is 1. The first kappa shape index (κ1) is 12.6. The number of hydrogen-bond acceptors (Lipinski definition) is 4. The van der Waals surface area contributed by atoms with Gasteiger partial charge in [-0.25, -0.2) is 4.39 Å². The Balaban J connectivity index is 2.78. The lowest BCUT2D eigenvalue weighted by atomic mass is 10.2. The minimum Gasteiger partial charge on any atom is -0.491 e. The molecule has 5 heteroatoms. The van der Waals surface area contributed by atoms with Crippen LogP contribution in [0.5, 0.6) is 11.5 Å². The maximum Gasteiger partial charge on any atom is 0.167 e. The fourth-order valence-corrected chi connectivity index (χ4v) is 1.19. The van der Waals surface area contributed by atoms with Crippen molar-refractivity contribution >= 4 is 5.69 Å². The molecule has 90 valence electrons. The van der Waals surface area contributed by atoms with Crippen molar-refractivity contribution < 1.29 is 19.0 Å². The van der Waals surface area contributed by atoms with E-state index in [1.165, 1.54) is 12.1 Å². The van der Waals surface area contributed by atoms with Gasteiger partial charge in [-0.2, -0.15) is 0 Å². The van der Waals surface area contributed by atoms with Gasteiger partial charge >= 0.3 is 0 Å². The summed E-state index contributed by atoms with van der Waals surface area (Å²) < 4.78 is 23.7. The van der Waals surface area contributed by atoms with Gasteiger partial charge in [0.1, 0.15) is 5.75 Å². The zero-order valence-corrected chi connectivity index (χ0v) is 9.20. The van der Waals surface area contributed by atoms with E-state index < -0.39 is 5.82 Å². The Kier molecular flexibility index (Phi) is 4.85. The first-order valence-electron chi connectivity index (χ1n) is 5.14. The molecule has 0 atom stereocenters. The van der Waals surface area contributed by atoms with E-state index in [9.17, 15) is 4.39 Å². The minimum atomic E-state index is -0.506. The third kappa shape index (κ3) is 3.27. The molecule has 1 aromatic carbocycles. The third-order valence-corrected chi connectivity index (χ3v) is 1.92. The summed E-state index contributed by atoms with van der Waals surface area (Å²) in [5.41, 5.74) is 5.81. The number of aliphatic hydroxyl groups is 1. The van der Waals surface area contributed by atoms with Crippen LogP contribution in [0.2, 0.25) is 0 Å². The SMILES string of the molecule is CCOc1cc(OCCCO)c(N)cc1F. The van der Waals surface area contributed by atoms with Gasteiger partial charge < -0.3 is 20.3 Å². The highest BCUT2D eigenvalue weighted by molar-refractivity contribution is 5.56. The molecule has 0 fully saturated rings. The number of hydrogen-bond donors (Lipinski definition) is 2. The Bertz CT molecular complexity index is 344. The molecule has 0 spiro atoms. The molecule has 1 aromatic rings. The van der Waals surface area contributed by atoms with Crippen molar-refractivity contribution in [3.8, 4) is 11.5 Å². The van der Waals surface area contributed by atoms with Crippen LogP contribution < -0.4 is 15.2 Å². The number of ether oxygens (including phenoxy) is 2. The van der Waals surface area contributed by atoms with E-state index >= 15 is 0 Å². The monoisotopic (exact) mass is 229 g/mol. The van der Waals surface area contributed by atoms with Gasteiger partial charge in [-0.1, -0.05) is 0 Å². The van der Waals surface area contributed by atoms with E-state index in [2.05, 4.69) is 0 Å². The Morgan fingerprint density at radius 2 is 2.06 bits per heavy atom. The van der Waals surface area contributed by atoms with E-state index in [-0.39, 0.29) is 18.0 Å². The predicted molar refractivity (Wildman–Crippen MR) is 59.2 cm³/mol. The second-order valence-corrected chi connectivity index (χ2v) is 3.18. The van der Waals surface area contributed by atoms with Gasteiger partial charge in [-0.05, 0) is 6.92 Å². The Morgan fingerprint density at radius 3 is 2.69 bits per heavy atom. The number of rotatable bonds is 6. The fraction of sp³-hybridized carbons (Fsp3) is 0.455. The Hall–Kier alpha value is -1.49. The number of halogens is 1. The molecule has 0 amide bonds. The maximum atomic E-state index is 13.3. The molecule has 0 aromatic heterocycles. The molecule has 0 saturated carbocycles. The molecular weight excluding hydrogens is 213 g/mol. The summed E-state index contributed by atoms with van der Waals surface area (Å²) in [6.07, 6.45) is 0.501. The second-order valence-electron chi connectivity index (χ2n) is 3.18. The molecule has 0 saturated heterocycles. The summed E-state index contributed by atoms with van der Waals surface area (Å²) in [5.74, 6) is -0.0112. The molecule has 0 aliphatic carbocycles. The van der Waals surface area contributed by atoms with Crippen LogP contribution in [-0.4, -0.2) is 24.9 Å². The minimum absolute atomic E-state index is 0.0411. The second kappa shape index (κ2) is 6.17. The summed E-state index contributed by atoms with van der Waals surface area (Å²) in [7, 11) is 0.